The van der Waals surface area contributed by atoms with E-state index >= 15 is 0 Å². The molecule has 0 fully saturated rings. The van der Waals surface area contributed by atoms with Gasteiger partial charge in [-0.1, -0.05) is 30.7 Å². The molecule has 3 nitrogen and oxygen atoms in total. The van der Waals surface area contributed by atoms with Gasteiger partial charge < -0.3 is 9.47 Å². The Labute approximate surface area is 105 Å². The molecular formula is C13H13ClO3. The van der Waals surface area contributed by atoms with Crippen molar-refractivity contribution >= 4 is 17.6 Å². The molecule has 1 aromatic carbocycles. The lowest BCUT2D eigenvalue weighted by atomic mass is 9.93. The summed E-state index contributed by atoms with van der Waals surface area (Å²) in [5.41, 5.74) is 0.915. The van der Waals surface area contributed by atoms with Crippen LogP contribution in [0, 0.1) is 5.92 Å². The van der Waals surface area contributed by atoms with E-state index in [0.717, 1.165) is 5.56 Å². The Morgan fingerprint density at radius 2 is 1.94 bits per heavy atom. The maximum Gasteiger partial charge on any atom is 0.334 e. The first kappa shape index (κ1) is 12.0. The van der Waals surface area contributed by atoms with Crippen molar-refractivity contribution in [1.29, 1.82) is 0 Å². The highest BCUT2D eigenvalue weighted by Gasteiger charge is 2.31. The fraction of sp³-hybridized carbons (Fsp3) is 0.308. The minimum absolute atomic E-state index is 0.00104. The number of methoxy groups -OCH3 is 1. The van der Waals surface area contributed by atoms with Gasteiger partial charge >= 0.3 is 5.97 Å². The van der Waals surface area contributed by atoms with Crippen molar-refractivity contribution < 1.29 is 14.3 Å². The lowest BCUT2D eigenvalue weighted by Gasteiger charge is -2.28. The number of rotatable bonds is 2. The molecule has 0 spiro atoms. The maximum absolute atomic E-state index is 11.4. The van der Waals surface area contributed by atoms with Gasteiger partial charge in [-0.15, -0.1) is 0 Å². The monoisotopic (exact) mass is 252 g/mol. The zero-order valence-corrected chi connectivity index (χ0v) is 10.4. The second-order valence-corrected chi connectivity index (χ2v) is 4.38. The molecule has 0 radical (unpaired) electrons. The molecule has 4 heteroatoms. The number of hydrogen-bond donors (Lipinski definition) is 0. The third-order valence-electron chi connectivity index (χ3n) is 2.84. The summed E-state index contributed by atoms with van der Waals surface area (Å²) in [4.78, 5) is 11.4. The Hall–Kier alpha value is -1.48. The highest BCUT2D eigenvalue weighted by atomic mass is 35.5. The zero-order chi connectivity index (χ0) is 12.4. The Bertz CT molecular complexity index is 450. The second-order valence-electron chi connectivity index (χ2n) is 3.95. The van der Waals surface area contributed by atoms with Crippen LogP contribution < -0.4 is 0 Å². The number of halogens is 1. The van der Waals surface area contributed by atoms with Crippen LogP contribution in [-0.2, 0) is 14.3 Å². The Morgan fingerprint density at radius 1 is 1.29 bits per heavy atom. The zero-order valence-electron chi connectivity index (χ0n) is 9.64. The first-order valence-electron chi connectivity index (χ1n) is 5.33. The summed E-state index contributed by atoms with van der Waals surface area (Å²) < 4.78 is 10.5. The largest absolute Gasteiger partial charge is 0.500 e. The SMILES string of the molecule is COC1=CC(=O)O[C@H](c2ccc(Cl)cc2)[C@H]1C. The standard InChI is InChI=1S/C13H13ClO3/c1-8-11(16-2)7-12(15)17-13(8)9-3-5-10(14)6-4-9/h3-8,13H,1-2H3/t8-,13-/m0/s1. The van der Waals surface area contributed by atoms with E-state index in [2.05, 4.69) is 0 Å². The molecule has 0 N–H and O–H groups in total. The number of benzene rings is 1. The van der Waals surface area contributed by atoms with Crippen molar-refractivity contribution in [2.45, 2.75) is 13.0 Å². The molecule has 2 atom stereocenters. The van der Waals surface area contributed by atoms with E-state index in [1.807, 2.05) is 19.1 Å². The molecule has 0 saturated heterocycles. The lowest BCUT2D eigenvalue weighted by molar-refractivity contribution is -0.148. The molecular weight excluding hydrogens is 240 g/mol. The van der Waals surface area contributed by atoms with Crippen LogP contribution in [0.5, 0.6) is 0 Å². The second kappa shape index (κ2) is 4.80. The number of esters is 1. The van der Waals surface area contributed by atoms with Gasteiger partial charge in [0.15, 0.2) is 0 Å². The van der Waals surface area contributed by atoms with Gasteiger partial charge in [-0.05, 0) is 17.7 Å². The van der Waals surface area contributed by atoms with E-state index in [4.69, 9.17) is 21.1 Å². The average molecular weight is 253 g/mol. The van der Waals surface area contributed by atoms with Crippen LogP contribution in [0.25, 0.3) is 0 Å². The third kappa shape index (κ3) is 2.44. The Morgan fingerprint density at radius 3 is 2.53 bits per heavy atom. The van der Waals surface area contributed by atoms with Crippen molar-refractivity contribution in [1.82, 2.24) is 0 Å². The summed E-state index contributed by atoms with van der Waals surface area (Å²) in [7, 11) is 1.56. The van der Waals surface area contributed by atoms with Gasteiger partial charge in [-0.25, -0.2) is 4.79 Å². The van der Waals surface area contributed by atoms with Gasteiger partial charge in [0, 0.05) is 5.02 Å². The van der Waals surface area contributed by atoms with Crippen LogP contribution in [0.2, 0.25) is 5.02 Å². The first-order chi connectivity index (χ1) is 8.11. The fourth-order valence-corrected chi connectivity index (χ4v) is 2.04. The summed E-state index contributed by atoms with van der Waals surface area (Å²) >= 11 is 5.83. The molecule has 17 heavy (non-hydrogen) atoms. The van der Waals surface area contributed by atoms with Crippen LogP contribution >= 0.6 is 11.6 Å². The predicted molar refractivity (Wildman–Crippen MR) is 64.5 cm³/mol. The van der Waals surface area contributed by atoms with Gasteiger partial charge in [0.25, 0.3) is 0 Å². The molecule has 0 saturated carbocycles. The van der Waals surface area contributed by atoms with E-state index in [1.54, 1.807) is 19.2 Å². The fourth-order valence-electron chi connectivity index (χ4n) is 1.91. The molecule has 1 heterocycles. The number of hydrogen-bond acceptors (Lipinski definition) is 3. The van der Waals surface area contributed by atoms with Gasteiger partial charge in [0.05, 0.1) is 19.1 Å². The van der Waals surface area contributed by atoms with Crippen LogP contribution in [0.15, 0.2) is 36.1 Å². The summed E-state index contributed by atoms with van der Waals surface area (Å²) in [5.74, 6) is 0.264. The highest BCUT2D eigenvalue weighted by molar-refractivity contribution is 6.30. The Kier molecular flexibility index (Phi) is 3.38. The Balaban J connectivity index is 2.30. The summed E-state index contributed by atoms with van der Waals surface area (Å²) in [6, 6.07) is 7.27. The quantitative estimate of drug-likeness (QED) is 0.759. The van der Waals surface area contributed by atoms with Gasteiger partial charge in [-0.3, -0.25) is 0 Å². The minimum Gasteiger partial charge on any atom is -0.500 e. The van der Waals surface area contributed by atoms with E-state index < -0.39 is 0 Å². The molecule has 0 aliphatic carbocycles. The smallest absolute Gasteiger partial charge is 0.334 e. The first-order valence-corrected chi connectivity index (χ1v) is 5.71. The predicted octanol–water partition coefficient (Wildman–Crippen LogP) is 3.10. The summed E-state index contributed by atoms with van der Waals surface area (Å²) in [6.45, 7) is 1.96. The van der Waals surface area contributed by atoms with E-state index in [1.165, 1.54) is 6.08 Å². The summed E-state index contributed by atoms with van der Waals surface area (Å²) in [6.07, 6.45) is 1.07. The van der Waals surface area contributed by atoms with E-state index in [-0.39, 0.29) is 18.0 Å². The minimum atomic E-state index is -0.375. The highest BCUT2D eigenvalue weighted by Crippen LogP contribution is 2.35. The van der Waals surface area contributed by atoms with Gasteiger partial charge in [0.2, 0.25) is 0 Å². The number of cyclic esters (lactones) is 1. The van der Waals surface area contributed by atoms with Crippen molar-refractivity contribution in [3.63, 3.8) is 0 Å². The van der Waals surface area contributed by atoms with Gasteiger partial charge in [-0.2, -0.15) is 0 Å². The summed E-state index contributed by atoms with van der Waals surface area (Å²) in [5, 5.41) is 0.658. The van der Waals surface area contributed by atoms with Crippen LogP contribution in [0.4, 0.5) is 0 Å². The number of carbonyl (C=O) groups is 1. The molecule has 90 valence electrons. The van der Waals surface area contributed by atoms with Crippen molar-refractivity contribution in [2.75, 3.05) is 7.11 Å². The van der Waals surface area contributed by atoms with Crippen molar-refractivity contribution in [2.24, 2.45) is 5.92 Å². The average Bonchev–Trinajstić information content (AvgIpc) is 2.33. The lowest BCUT2D eigenvalue weighted by Crippen LogP contribution is -2.24. The van der Waals surface area contributed by atoms with Crippen LogP contribution in [0.3, 0.4) is 0 Å². The molecule has 2 rings (SSSR count). The normalized spacial score (nSPS) is 23.9. The van der Waals surface area contributed by atoms with E-state index in [9.17, 15) is 4.79 Å². The maximum atomic E-state index is 11.4. The van der Waals surface area contributed by atoms with Crippen LogP contribution in [-0.4, -0.2) is 13.1 Å². The van der Waals surface area contributed by atoms with E-state index in [0.29, 0.717) is 10.8 Å². The van der Waals surface area contributed by atoms with Gasteiger partial charge in [0.1, 0.15) is 11.9 Å². The molecule has 1 aromatic rings. The van der Waals surface area contributed by atoms with Crippen molar-refractivity contribution in [3.8, 4) is 0 Å². The molecule has 0 amide bonds. The number of ether oxygens (including phenoxy) is 2. The van der Waals surface area contributed by atoms with Crippen LogP contribution in [0.1, 0.15) is 18.6 Å². The third-order valence-corrected chi connectivity index (χ3v) is 3.09. The topological polar surface area (TPSA) is 35.5 Å². The molecule has 1 aliphatic rings. The molecule has 0 bridgehead atoms. The van der Waals surface area contributed by atoms with Crippen molar-refractivity contribution in [3.05, 3.63) is 46.7 Å². The molecule has 0 unspecified atom stereocenters. The number of carbonyl (C=O) groups excluding carboxylic acids is 1. The molecule has 1 aliphatic heterocycles. The molecule has 0 aromatic heterocycles.